The van der Waals surface area contributed by atoms with Gasteiger partial charge in [-0.2, -0.15) is 10.4 Å². The van der Waals surface area contributed by atoms with Gasteiger partial charge in [-0.05, 0) is 36.4 Å². The van der Waals surface area contributed by atoms with E-state index in [0.717, 1.165) is 5.56 Å². The third-order valence-corrected chi connectivity index (χ3v) is 2.95. The average molecular weight is 310 g/mol. The SMILES string of the molecule is Cc1nc(C#N)c(NN=Cc2ccc(-c3ccc(F)cc3)o2)o1. The molecule has 2 aromatic heterocycles. The van der Waals surface area contributed by atoms with E-state index in [-0.39, 0.29) is 17.4 Å². The molecule has 0 radical (unpaired) electrons. The number of hydrazone groups is 1. The normalized spacial score (nSPS) is 10.8. The molecule has 0 amide bonds. The Morgan fingerprint density at radius 2 is 2.00 bits per heavy atom. The molecule has 0 bridgehead atoms. The second-order valence-electron chi connectivity index (χ2n) is 4.60. The van der Waals surface area contributed by atoms with Gasteiger partial charge in [0.15, 0.2) is 5.89 Å². The number of aryl methyl sites for hydroxylation is 1. The van der Waals surface area contributed by atoms with E-state index in [2.05, 4.69) is 15.5 Å². The second kappa shape index (κ2) is 6.15. The highest BCUT2D eigenvalue weighted by atomic mass is 19.1. The summed E-state index contributed by atoms with van der Waals surface area (Å²) < 4.78 is 23.7. The number of halogens is 1. The molecular weight excluding hydrogens is 299 g/mol. The zero-order valence-corrected chi connectivity index (χ0v) is 12.1. The van der Waals surface area contributed by atoms with Gasteiger partial charge in [-0.1, -0.05) is 0 Å². The van der Waals surface area contributed by atoms with Gasteiger partial charge in [-0.3, -0.25) is 0 Å². The number of nitrogens with one attached hydrogen (secondary N) is 1. The van der Waals surface area contributed by atoms with Crippen LogP contribution in [-0.2, 0) is 0 Å². The minimum absolute atomic E-state index is 0.131. The van der Waals surface area contributed by atoms with E-state index in [0.29, 0.717) is 17.4 Å². The number of aromatic nitrogens is 1. The van der Waals surface area contributed by atoms with Gasteiger partial charge >= 0.3 is 0 Å². The summed E-state index contributed by atoms with van der Waals surface area (Å²) >= 11 is 0. The number of hydrogen-bond donors (Lipinski definition) is 1. The molecule has 0 aliphatic rings. The lowest BCUT2D eigenvalue weighted by Crippen LogP contribution is -1.90. The molecule has 0 unspecified atom stereocenters. The van der Waals surface area contributed by atoms with Crippen molar-refractivity contribution in [1.82, 2.24) is 4.98 Å². The van der Waals surface area contributed by atoms with Crippen LogP contribution in [0.5, 0.6) is 0 Å². The maximum atomic E-state index is 12.9. The number of anilines is 1. The lowest BCUT2D eigenvalue weighted by atomic mass is 10.2. The lowest BCUT2D eigenvalue weighted by molar-refractivity contribution is 0.533. The Kier molecular flexibility index (Phi) is 3.89. The van der Waals surface area contributed by atoms with Crippen molar-refractivity contribution in [1.29, 1.82) is 5.26 Å². The molecule has 0 saturated heterocycles. The number of furan rings is 1. The van der Waals surface area contributed by atoms with Crippen LogP contribution < -0.4 is 5.43 Å². The summed E-state index contributed by atoms with van der Waals surface area (Å²) in [6.07, 6.45) is 1.44. The Balaban J connectivity index is 1.71. The van der Waals surface area contributed by atoms with Crippen LogP contribution in [0.3, 0.4) is 0 Å². The van der Waals surface area contributed by atoms with E-state index in [1.54, 1.807) is 31.2 Å². The highest BCUT2D eigenvalue weighted by Gasteiger charge is 2.09. The fraction of sp³-hybridized carbons (Fsp3) is 0.0625. The smallest absolute Gasteiger partial charge is 0.252 e. The third-order valence-electron chi connectivity index (χ3n) is 2.95. The largest absolute Gasteiger partial charge is 0.455 e. The van der Waals surface area contributed by atoms with Gasteiger partial charge < -0.3 is 8.83 Å². The summed E-state index contributed by atoms with van der Waals surface area (Å²) in [6, 6.07) is 11.4. The van der Waals surface area contributed by atoms with E-state index in [1.807, 2.05) is 6.07 Å². The molecule has 0 saturated carbocycles. The van der Waals surface area contributed by atoms with Gasteiger partial charge in [0.1, 0.15) is 23.4 Å². The standard InChI is InChI=1S/C16H11FN4O2/c1-10-20-14(8-18)16(22-10)21-19-9-13-6-7-15(23-13)11-2-4-12(17)5-3-11/h2-7,9,21H,1H3. The Morgan fingerprint density at radius 1 is 1.22 bits per heavy atom. The number of rotatable bonds is 4. The van der Waals surface area contributed by atoms with E-state index >= 15 is 0 Å². The van der Waals surface area contributed by atoms with Crippen molar-refractivity contribution in [3.8, 4) is 17.4 Å². The molecule has 0 aliphatic heterocycles. The van der Waals surface area contributed by atoms with Crippen LogP contribution in [0.4, 0.5) is 10.3 Å². The Hall–Kier alpha value is -3.40. The number of hydrogen-bond acceptors (Lipinski definition) is 6. The fourth-order valence-corrected chi connectivity index (χ4v) is 1.92. The maximum absolute atomic E-state index is 12.9. The van der Waals surface area contributed by atoms with Crippen LogP contribution in [0, 0.1) is 24.1 Å². The van der Waals surface area contributed by atoms with Crippen LogP contribution in [0.2, 0.25) is 0 Å². The molecule has 0 aliphatic carbocycles. The number of nitrogens with zero attached hydrogens (tertiary/aromatic N) is 3. The quantitative estimate of drug-likeness (QED) is 0.586. The molecule has 6 nitrogen and oxygen atoms in total. The minimum atomic E-state index is -0.304. The average Bonchev–Trinajstić information content (AvgIpc) is 3.15. The molecule has 0 atom stereocenters. The van der Waals surface area contributed by atoms with Crippen molar-refractivity contribution in [2.75, 3.05) is 5.43 Å². The summed E-state index contributed by atoms with van der Waals surface area (Å²) in [5, 5.41) is 12.8. The lowest BCUT2D eigenvalue weighted by Gasteiger charge is -1.96. The zero-order valence-electron chi connectivity index (χ0n) is 12.1. The summed E-state index contributed by atoms with van der Waals surface area (Å²) in [5.41, 5.74) is 3.49. The first kappa shape index (κ1) is 14.5. The van der Waals surface area contributed by atoms with Crippen LogP contribution in [0.25, 0.3) is 11.3 Å². The first-order chi connectivity index (χ1) is 11.2. The molecule has 1 aromatic carbocycles. The van der Waals surface area contributed by atoms with E-state index in [1.165, 1.54) is 18.3 Å². The van der Waals surface area contributed by atoms with Crippen molar-refractivity contribution in [3.05, 3.63) is 59.6 Å². The van der Waals surface area contributed by atoms with Gasteiger partial charge in [0.2, 0.25) is 5.69 Å². The highest BCUT2D eigenvalue weighted by Crippen LogP contribution is 2.22. The maximum Gasteiger partial charge on any atom is 0.252 e. The van der Waals surface area contributed by atoms with E-state index in [4.69, 9.17) is 14.1 Å². The van der Waals surface area contributed by atoms with Gasteiger partial charge in [0.05, 0.1) is 6.21 Å². The molecule has 23 heavy (non-hydrogen) atoms. The summed E-state index contributed by atoms with van der Waals surface area (Å²) in [7, 11) is 0. The molecule has 0 spiro atoms. The first-order valence-corrected chi connectivity index (χ1v) is 6.68. The van der Waals surface area contributed by atoms with Gasteiger partial charge in [0, 0.05) is 12.5 Å². The summed E-state index contributed by atoms with van der Waals surface area (Å²) in [6.45, 7) is 1.64. The Morgan fingerprint density at radius 3 is 2.74 bits per heavy atom. The van der Waals surface area contributed by atoms with Gasteiger partial charge in [-0.15, -0.1) is 0 Å². The molecule has 2 heterocycles. The van der Waals surface area contributed by atoms with Gasteiger partial charge in [0.25, 0.3) is 5.88 Å². The van der Waals surface area contributed by atoms with Crippen molar-refractivity contribution in [2.45, 2.75) is 6.92 Å². The third kappa shape index (κ3) is 3.27. The second-order valence-corrected chi connectivity index (χ2v) is 4.60. The molecule has 3 rings (SSSR count). The molecule has 7 heteroatoms. The summed E-state index contributed by atoms with van der Waals surface area (Å²) in [4.78, 5) is 3.89. The molecular formula is C16H11FN4O2. The molecule has 0 fully saturated rings. The number of nitriles is 1. The number of oxazole rings is 1. The zero-order chi connectivity index (χ0) is 16.2. The first-order valence-electron chi connectivity index (χ1n) is 6.68. The fourth-order valence-electron chi connectivity index (χ4n) is 1.92. The van der Waals surface area contributed by atoms with Crippen LogP contribution >= 0.6 is 0 Å². The van der Waals surface area contributed by atoms with Crippen molar-refractivity contribution < 1.29 is 13.2 Å². The highest BCUT2D eigenvalue weighted by molar-refractivity contribution is 5.78. The molecule has 114 valence electrons. The number of benzene rings is 1. The van der Waals surface area contributed by atoms with Crippen LogP contribution in [-0.4, -0.2) is 11.2 Å². The minimum Gasteiger partial charge on any atom is -0.455 e. The Bertz CT molecular complexity index is 888. The predicted octanol–water partition coefficient (Wildman–Crippen LogP) is 3.70. The van der Waals surface area contributed by atoms with Crippen LogP contribution in [0.1, 0.15) is 17.3 Å². The van der Waals surface area contributed by atoms with E-state index in [9.17, 15) is 4.39 Å². The summed E-state index contributed by atoms with van der Waals surface area (Å²) in [5.74, 6) is 1.33. The van der Waals surface area contributed by atoms with E-state index < -0.39 is 0 Å². The van der Waals surface area contributed by atoms with Gasteiger partial charge in [-0.25, -0.2) is 14.8 Å². The monoisotopic (exact) mass is 310 g/mol. The Labute approximate surface area is 130 Å². The van der Waals surface area contributed by atoms with Crippen LogP contribution in [0.15, 0.2) is 50.3 Å². The van der Waals surface area contributed by atoms with Crippen molar-refractivity contribution >= 4 is 12.1 Å². The predicted molar refractivity (Wildman–Crippen MR) is 81.3 cm³/mol. The molecule has 3 aromatic rings. The van der Waals surface area contributed by atoms with Crippen molar-refractivity contribution in [3.63, 3.8) is 0 Å². The topological polar surface area (TPSA) is 87.4 Å². The van der Waals surface area contributed by atoms with Crippen molar-refractivity contribution in [2.24, 2.45) is 5.10 Å². The molecule has 1 N–H and O–H groups in total.